The van der Waals surface area contributed by atoms with Crippen molar-refractivity contribution in [1.29, 1.82) is 0 Å². The topological polar surface area (TPSA) is 59.9 Å². The molecule has 1 amide bonds. The molecule has 3 rings (SSSR count). The SMILES string of the molecule is Cc1ccc(CC(=O)N/N=C/c2ccc3c(c2)OCO3)cc1. The molecule has 112 valence electrons. The van der Waals surface area contributed by atoms with Crippen LogP contribution in [0.2, 0.25) is 0 Å². The molecule has 0 unspecified atom stereocenters. The average Bonchev–Trinajstić information content (AvgIpc) is 2.97. The quantitative estimate of drug-likeness (QED) is 0.696. The van der Waals surface area contributed by atoms with Gasteiger partial charge in [-0.25, -0.2) is 5.43 Å². The Kier molecular flexibility index (Phi) is 4.05. The number of amides is 1. The summed E-state index contributed by atoms with van der Waals surface area (Å²) in [5.74, 6) is 1.26. The predicted octanol–water partition coefficient (Wildman–Crippen LogP) is 2.42. The van der Waals surface area contributed by atoms with E-state index in [1.165, 1.54) is 5.56 Å². The van der Waals surface area contributed by atoms with Crippen LogP contribution in [0.1, 0.15) is 16.7 Å². The summed E-state index contributed by atoms with van der Waals surface area (Å²) >= 11 is 0. The van der Waals surface area contributed by atoms with Crippen LogP contribution in [-0.4, -0.2) is 18.9 Å². The fourth-order valence-corrected chi connectivity index (χ4v) is 2.10. The van der Waals surface area contributed by atoms with Crippen LogP contribution in [0.4, 0.5) is 0 Å². The summed E-state index contributed by atoms with van der Waals surface area (Å²) in [6.45, 7) is 2.25. The minimum Gasteiger partial charge on any atom is -0.454 e. The maximum atomic E-state index is 11.8. The van der Waals surface area contributed by atoms with E-state index in [4.69, 9.17) is 9.47 Å². The highest BCUT2D eigenvalue weighted by Gasteiger charge is 2.12. The number of nitrogens with one attached hydrogen (secondary N) is 1. The standard InChI is InChI=1S/C17H16N2O3/c1-12-2-4-13(5-3-12)9-17(20)19-18-10-14-6-7-15-16(8-14)22-11-21-15/h2-8,10H,9,11H2,1H3,(H,19,20)/b18-10+. The molecule has 5 nitrogen and oxygen atoms in total. The molecule has 1 aliphatic rings. The Morgan fingerprint density at radius 2 is 1.95 bits per heavy atom. The second-order valence-corrected chi connectivity index (χ2v) is 5.07. The largest absolute Gasteiger partial charge is 0.454 e. The Hall–Kier alpha value is -2.82. The molecular formula is C17H16N2O3. The fourth-order valence-electron chi connectivity index (χ4n) is 2.10. The molecule has 1 heterocycles. The first kappa shape index (κ1) is 14.1. The van der Waals surface area contributed by atoms with Gasteiger partial charge in [0, 0.05) is 0 Å². The van der Waals surface area contributed by atoms with E-state index in [2.05, 4.69) is 10.5 Å². The molecule has 0 aromatic heterocycles. The molecule has 0 fully saturated rings. The molecule has 0 aliphatic carbocycles. The highest BCUT2D eigenvalue weighted by atomic mass is 16.7. The van der Waals surface area contributed by atoms with Gasteiger partial charge in [0.25, 0.3) is 0 Å². The van der Waals surface area contributed by atoms with Gasteiger partial charge < -0.3 is 9.47 Å². The van der Waals surface area contributed by atoms with Gasteiger partial charge in [0.1, 0.15) is 0 Å². The lowest BCUT2D eigenvalue weighted by molar-refractivity contribution is -0.120. The van der Waals surface area contributed by atoms with Crippen LogP contribution < -0.4 is 14.9 Å². The van der Waals surface area contributed by atoms with Crippen molar-refractivity contribution in [2.24, 2.45) is 5.10 Å². The number of rotatable bonds is 4. The van der Waals surface area contributed by atoms with E-state index >= 15 is 0 Å². The lowest BCUT2D eigenvalue weighted by Crippen LogP contribution is -2.19. The van der Waals surface area contributed by atoms with Crippen molar-refractivity contribution in [3.05, 3.63) is 59.2 Å². The third kappa shape index (κ3) is 3.44. The van der Waals surface area contributed by atoms with Crippen LogP contribution in [0.5, 0.6) is 11.5 Å². The number of nitrogens with zero attached hydrogens (tertiary/aromatic N) is 1. The Labute approximate surface area is 128 Å². The van der Waals surface area contributed by atoms with Gasteiger partial charge in [-0.3, -0.25) is 4.79 Å². The average molecular weight is 296 g/mol. The number of carbonyl (C=O) groups excluding carboxylic acids is 1. The van der Waals surface area contributed by atoms with E-state index in [0.29, 0.717) is 12.2 Å². The third-order valence-corrected chi connectivity index (χ3v) is 3.28. The zero-order chi connectivity index (χ0) is 15.4. The van der Waals surface area contributed by atoms with Gasteiger partial charge in [0.2, 0.25) is 12.7 Å². The van der Waals surface area contributed by atoms with Gasteiger partial charge in [0.15, 0.2) is 11.5 Å². The monoisotopic (exact) mass is 296 g/mol. The van der Waals surface area contributed by atoms with E-state index in [-0.39, 0.29) is 12.7 Å². The van der Waals surface area contributed by atoms with Crippen LogP contribution in [0.3, 0.4) is 0 Å². The smallest absolute Gasteiger partial charge is 0.244 e. The number of hydrogen-bond donors (Lipinski definition) is 1. The van der Waals surface area contributed by atoms with Gasteiger partial charge in [-0.05, 0) is 36.2 Å². The summed E-state index contributed by atoms with van der Waals surface area (Å²) in [4.78, 5) is 11.8. The summed E-state index contributed by atoms with van der Waals surface area (Å²) in [6.07, 6.45) is 1.88. The maximum Gasteiger partial charge on any atom is 0.244 e. The predicted molar refractivity (Wildman–Crippen MR) is 83.2 cm³/mol. The minimum absolute atomic E-state index is 0.152. The third-order valence-electron chi connectivity index (χ3n) is 3.28. The van der Waals surface area contributed by atoms with Gasteiger partial charge in [-0.2, -0.15) is 5.10 Å². The van der Waals surface area contributed by atoms with Crippen molar-refractivity contribution in [3.63, 3.8) is 0 Å². The molecule has 2 aromatic carbocycles. The highest BCUT2D eigenvalue weighted by Crippen LogP contribution is 2.31. The van der Waals surface area contributed by atoms with Gasteiger partial charge >= 0.3 is 0 Å². The van der Waals surface area contributed by atoms with Crippen LogP contribution in [0, 0.1) is 6.92 Å². The second kappa shape index (κ2) is 6.30. The summed E-state index contributed by atoms with van der Waals surface area (Å²) in [5, 5.41) is 3.96. The van der Waals surface area contributed by atoms with Crippen molar-refractivity contribution in [1.82, 2.24) is 5.43 Å². The molecule has 0 radical (unpaired) electrons. The van der Waals surface area contributed by atoms with E-state index in [1.807, 2.05) is 49.4 Å². The number of aryl methyl sites for hydroxylation is 1. The first-order chi connectivity index (χ1) is 10.7. The molecular weight excluding hydrogens is 280 g/mol. The fraction of sp³-hybridized carbons (Fsp3) is 0.176. The normalized spacial score (nSPS) is 12.6. The Morgan fingerprint density at radius 1 is 1.18 bits per heavy atom. The summed E-state index contributed by atoms with van der Waals surface area (Å²) in [5.41, 5.74) is 5.48. The van der Waals surface area contributed by atoms with E-state index < -0.39 is 0 Å². The molecule has 1 N–H and O–H groups in total. The Bertz CT molecular complexity index is 708. The van der Waals surface area contributed by atoms with Crippen LogP contribution >= 0.6 is 0 Å². The lowest BCUT2D eigenvalue weighted by Gasteiger charge is -2.01. The van der Waals surface area contributed by atoms with E-state index in [1.54, 1.807) is 6.21 Å². The van der Waals surface area contributed by atoms with Crippen molar-refractivity contribution in [2.45, 2.75) is 13.3 Å². The van der Waals surface area contributed by atoms with Gasteiger partial charge in [-0.1, -0.05) is 29.8 Å². The van der Waals surface area contributed by atoms with E-state index in [9.17, 15) is 4.79 Å². The summed E-state index contributed by atoms with van der Waals surface area (Å²) in [6, 6.07) is 13.3. The number of ether oxygens (including phenoxy) is 2. The van der Waals surface area contributed by atoms with Crippen molar-refractivity contribution in [3.8, 4) is 11.5 Å². The molecule has 2 aromatic rings. The molecule has 0 saturated heterocycles. The molecule has 0 saturated carbocycles. The van der Waals surface area contributed by atoms with Crippen molar-refractivity contribution in [2.75, 3.05) is 6.79 Å². The minimum atomic E-state index is -0.152. The van der Waals surface area contributed by atoms with Crippen molar-refractivity contribution >= 4 is 12.1 Å². The van der Waals surface area contributed by atoms with Gasteiger partial charge in [-0.15, -0.1) is 0 Å². The first-order valence-corrected chi connectivity index (χ1v) is 6.98. The molecule has 22 heavy (non-hydrogen) atoms. The van der Waals surface area contributed by atoms with Crippen LogP contribution in [0.15, 0.2) is 47.6 Å². The van der Waals surface area contributed by atoms with Crippen molar-refractivity contribution < 1.29 is 14.3 Å². The number of fused-ring (bicyclic) bond motifs is 1. The number of carbonyl (C=O) groups is 1. The summed E-state index contributed by atoms with van der Waals surface area (Å²) < 4.78 is 10.5. The molecule has 0 bridgehead atoms. The summed E-state index contributed by atoms with van der Waals surface area (Å²) in [7, 11) is 0. The molecule has 0 atom stereocenters. The number of hydrogen-bond acceptors (Lipinski definition) is 4. The molecule has 0 spiro atoms. The second-order valence-electron chi connectivity index (χ2n) is 5.07. The first-order valence-electron chi connectivity index (χ1n) is 6.98. The van der Waals surface area contributed by atoms with Crippen LogP contribution in [0.25, 0.3) is 0 Å². The molecule has 5 heteroatoms. The molecule has 1 aliphatic heterocycles. The Morgan fingerprint density at radius 3 is 2.77 bits per heavy atom. The maximum absolute atomic E-state index is 11.8. The zero-order valence-electron chi connectivity index (χ0n) is 12.2. The number of hydrazone groups is 1. The lowest BCUT2D eigenvalue weighted by atomic mass is 10.1. The van der Waals surface area contributed by atoms with Crippen LogP contribution in [-0.2, 0) is 11.2 Å². The highest BCUT2D eigenvalue weighted by molar-refractivity contribution is 5.84. The number of benzene rings is 2. The van der Waals surface area contributed by atoms with Gasteiger partial charge in [0.05, 0.1) is 12.6 Å². The Balaban J connectivity index is 1.55. The van der Waals surface area contributed by atoms with E-state index in [0.717, 1.165) is 16.9 Å². The zero-order valence-corrected chi connectivity index (χ0v) is 12.2.